The van der Waals surface area contributed by atoms with E-state index < -0.39 is 0 Å². The van der Waals surface area contributed by atoms with Crippen molar-refractivity contribution in [2.45, 2.75) is 18.5 Å². The summed E-state index contributed by atoms with van der Waals surface area (Å²) in [7, 11) is 1.78. The summed E-state index contributed by atoms with van der Waals surface area (Å²) in [4.78, 5) is 17.2. The van der Waals surface area contributed by atoms with E-state index in [4.69, 9.17) is 5.73 Å². The summed E-state index contributed by atoms with van der Waals surface area (Å²) in [5.74, 6) is 0.104. The molecule has 0 aliphatic carbocycles. The normalized spacial score (nSPS) is 28.5. The van der Waals surface area contributed by atoms with Gasteiger partial charge in [0.2, 0.25) is 5.91 Å². The lowest BCUT2D eigenvalue weighted by molar-refractivity contribution is -0.127. The Labute approximate surface area is 80.4 Å². The standard InChI is InChI=1S/C8H11N3OS/c1-11-6(12)4-5(9)7(11)8-10-2-3-13-8/h2-3,5,7H,4,9H2,1H3/t5-,7-/m0/s1. The highest BCUT2D eigenvalue weighted by Gasteiger charge is 2.37. The van der Waals surface area contributed by atoms with E-state index in [1.807, 2.05) is 5.38 Å². The van der Waals surface area contributed by atoms with Gasteiger partial charge in [0.25, 0.3) is 0 Å². The van der Waals surface area contributed by atoms with Crippen LogP contribution in [0.4, 0.5) is 0 Å². The second-order valence-electron chi connectivity index (χ2n) is 3.19. The number of likely N-dealkylation sites (N-methyl/N-ethyl adjacent to an activating group) is 1. The maximum absolute atomic E-state index is 11.3. The molecule has 2 heterocycles. The van der Waals surface area contributed by atoms with Crippen LogP contribution in [0.1, 0.15) is 17.5 Å². The fourth-order valence-electron chi connectivity index (χ4n) is 1.63. The van der Waals surface area contributed by atoms with Crippen molar-refractivity contribution in [3.63, 3.8) is 0 Å². The Morgan fingerprint density at radius 2 is 2.54 bits per heavy atom. The number of likely N-dealkylation sites (tertiary alicyclic amines) is 1. The Bertz CT molecular complexity index is 311. The first-order valence-electron chi connectivity index (χ1n) is 4.11. The topological polar surface area (TPSA) is 59.2 Å². The number of hydrogen-bond donors (Lipinski definition) is 1. The van der Waals surface area contributed by atoms with E-state index in [-0.39, 0.29) is 18.0 Å². The molecule has 0 saturated carbocycles. The van der Waals surface area contributed by atoms with Gasteiger partial charge in [-0.25, -0.2) is 4.98 Å². The molecule has 2 atom stereocenters. The smallest absolute Gasteiger partial charge is 0.224 e. The average Bonchev–Trinajstić information content (AvgIpc) is 2.63. The van der Waals surface area contributed by atoms with Crippen molar-refractivity contribution in [2.75, 3.05) is 7.05 Å². The van der Waals surface area contributed by atoms with Gasteiger partial charge in [0.15, 0.2) is 0 Å². The van der Waals surface area contributed by atoms with Crippen LogP contribution in [0.3, 0.4) is 0 Å². The zero-order valence-corrected chi connectivity index (χ0v) is 8.12. The van der Waals surface area contributed by atoms with Gasteiger partial charge in [-0.05, 0) is 0 Å². The molecule has 0 bridgehead atoms. The van der Waals surface area contributed by atoms with Gasteiger partial charge in [-0.1, -0.05) is 0 Å². The number of amides is 1. The summed E-state index contributed by atoms with van der Waals surface area (Å²) in [6, 6.07) is -0.129. The van der Waals surface area contributed by atoms with Crippen LogP contribution in [0.15, 0.2) is 11.6 Å². The van der Waals surface area contributed by atoms with E-state index in [2.05, 4.69) is 4.98 Å². The molecule has 1 aromatic heterocycles. The van der Waals surface area contributed by atoms with Crippen molar-refractivity contribution < 1.29 is 4.79 Å². The molecular formula is C8H11N3OS. The zero-order chi connectivity index (χ0) is 9.42. The maximum atomic E-state index is 11.3. The molecular weight excluding hydrogens is 186 g/mol. The lowest BCUT2D eigenvalue weighted by Crippen LogP contribution is -2.30. The zero-order valence-electron chi connectivity index (χ0n) is 7.30. The van der Waals surface area contributed by atoms with Crippen LogP contribution < -0.4 is 5.73 Å². The van der Waals surface area contributed by atoms with Crippen molar-refractivity contribution in [3.05, 3.63) is 16.6 Å². The van der Waals surface area contributed by atoms with Crippen LogP contribution in [-0.2, 0) is 4.79 Å². The third kappa shape index (κ3) is 1.34. The number of nitrogens with two attached hydrogens (primary N) is 1. The number of carbonyl (C=O) groups excluding carboxylic acids is 1. The fraction of sp³-hybridized carbons (Fsp3) is 0.500. The summed E-state index contributed by atoms with van der Waals surface area (Å²) < 4.78 is 0. The number of carbonyl (C=O) groups is 1. The second-order valence-corrected chi connectivity index (χ2v) is 4.11. The van der Waals surface area contributed by atoms with Gasteiger partial charge < -0.3 is 10.6 Å². The van der Waals surface area contributed by atoms with Crippen molar-refractivity contribution in [1.82, 2.24) is 9.88 Å². The van der Waals surface area contributed by atoms with Crippen LogP contribution in [0, 0.1) is 0 Å². The molecule has 0 unspecified atom stereocenters. The largest absolute Gasteiger partial charge is 0.335 e. The molecule has 1 aliphatic heterocycles. The van der Waals surface area contributed by atoms with E-state index in [9.17, 15) is 4.79 Å². The van der Waals surface area contributed by atoms with Crippen molar-refractivity contribution in [1.29, 1.82) is 0 Å². The Kier molecular flexibility index (Phi) is 2.05. The molecule has 5 heteroatoms. The second kappa shape index (κ2) is 3.08. The number of thiazole rings is 1. The van der Waals surface area contributed by atoms with E-state index in [0.717, 1.165) is 5.01 Å². The quantitative estimate of drug-likeness (QED) is 0.707. The first-order chi connectivity index (χ1) is 6.20. The number of hydrogen-bond acceptors (Lipinski definition) is 4. The van der Waals surface area contributed by atoms with E-state index in [1.54, 1.807) is 29.5 Å². The van der Waals surface area contributed by atoms with Gasteiger partial charge >= 0.3 is 0 Å². The molecule has 0 radical (unpaired) electrons. The van der Waals surface area contributed by atoms with Crippen LogP contribution >= 0.6 is 11.3 Å². The molecule has 1 saturated heterocycles. The summed E-state index contributed by atoms with van der Waals surface area (Å²) >= 11 is 1.54. The van der Waals surface area contributed by atoms with Crippen molar-refractivity contribution in [2.24, 2.45) is 5.73 Å². The minimum Gasteiger partial charge on any atom is -0.335 e. The first-order valence-corrected chi connectivity index (χ1v) is 4.98. The van der Waals surface area contributed by atoms with Gasteiger partial charge in [-0.3, -0.25) is 4.79 Å². The molecule has 70 valence electrons. The third-order valence-corrected chi connectivity index (χ3v) is 3.18. The van der Waals surface area contributed by atoms with E-state index >= 15 is 0 Å². The minimum absolute atomic E-state index is 0.0208. The summed E-state index contributed by atoms with van der Waals surface area (Å²) in [5.41, 5.74) is 5.86. The SMILES string of the molecule is CN1C(=O)C[C@H](N)[C@H]1c1nccs1. The monoisotopic (exact) mass is 197 g/mol. The average molecular weight is 197 g/mol. The third-order valence-electron chi connectivity index (χ3n) is 2.33. The molecule has 2 rings (SSSR count). The molecule has 4 nitrogen and oxygen atoms in total. The summed E-state index contributed by atoms with van der Waals surface area (Å²) in [6.07, 6.45) is 2.17. The highest BCUT2D eigenvalue weighted by atomic mass is 32.1. The lowest BCUT2D eigenvalue weighted by atomic mass is 10.1. The van der Waals surface area contributed by atoms with E-state index in [0.29, 0.717) is 6.42 Å². The summed E-state index contributed by atoms with van der Waals surface area (Å²) in [5, 5.41) is 2.83. The highest BCUT2D eigenvalue weighted by molar-refractivity contribution is 7.09. The van der Waals surface area contributed by atoms with Crippen molar-refractivity contribution >= 4 is 17.2 Å². The number of aromatic nitrogens is 1. The molecule has 1 aromatic rings. The van der Waals surface area contributed by atoms with Gasteiger partial charge in [0.1, 0.15) is 5.01 Å². The molecule has 1 amide bonds. The molecule has 1 fully saturated rings. The molecule has 1 aliphatic rings. The fourth-order valence-corrected chi connectivity index (χ4v) is 2.48. The Hall–Kier alpha value is -0.940. The lowest BCUT2D eigenvalue weighted by Gasteiger charge is -2.19. The highest BCUT2D eigenvalue weighted by Crippen LogP contribution is 2.31. The molecule has 2 N–H and O–H groups in total. The maximum Gasteiger partial charge on any atom is 0.224 e. The van der Waals surface area contributed by atoms with Crippen LogP contribution in [0.5, 0.6) is 0 Å². The van der Waals surface area contributed by atoms with Crippen LogP contribution in [0.25, 0.3) is 0 Å². The Balaban J connectivity index is 2.29. The van der Waals surface area contributed by atoms with Crippen LogP contribution in [0.2, 0.25) is 0 Å². The van der Waals surface area contributed by atoms with Gasteiger partial charge in [-0.2, -0.15) is 0 Å². The molecule has 13 heavy (non-hydrogen) atoms. The molecule has 0 aromatic carbocycles. The Morgan fingerprint density at radius 3 is 3.00 bits per heavy atom. The van der Waals surface area contributed by atoms with Crippen LogP contribution in [-0.4, -0.2) is 28.9 Å². The number of nitrogens with zero attached hydrogens (tertiary/aromatic N) is 2. The predicted molar refractivity (Wildman–Crippen MR) is 50.2 cm³/mol. The first kappa shape index (κ1) is 8.65. The predicted octanol–water partition coefficient (Wildman–Crippen LogP) is 0.374. The number of rotatable bonds is 1. The molecule has 0 spiro atoms. The minimum atomic E-state index is -0.108. The summed E-state index contributed by atoms with van der Waals surface area (Å²) in [6.45, 7) is 0. The van der Waals surface area contributed by atoms with E-state index in [1.165, 1.54) is 0 Å². The Morgan fingerprint density at radius 1 is 1.77 bits per heavy atom. The van der Waals surface area contributed by atoms with Gasteiger partial charge in [0, 0.05) is 31.1 Å². The van der Waals surface area contributed by atoms with Gasteiger partial charge in [-0.15, -0.1) is 11.3 Å². The van der Waals surface area contributed by atoms with Crippen molar-refractivity contribution in [3.8, 4) is 0 Å². The van der Waals surface area contributed by atoms with Gasteiger partial charge in [0.05, 0.1) is 6.04 Å².